The van der Waals surface area contributed by atoms with Crippen molar-refractivity contribution in [3.8, 4) is 0 Å². The average Bonchev–Trinajstić information content (AvgIpc) is 1.97. The molecule has 2 nitrogen and oxygen atoms in total. The van der Waals surface area contributed by atoms with E-state index in [-0.39, 0.29) is 6.61 Å². The number of aliphatic hydroxyl groups is 1. The lowest BCUT2D eigenvalue weighted by atomic mass is 10.1. The van der Waals surface area contributed by atoms with Crippen molar-refractivity contribution < 1.29 is 10.2 Å². The van der Waals surface area contributed by atoms with Gasteiger partial charge in [0.15, 0.2) is 0 Å². The predicted octanol–water partition coefficient (Wildman–Crippen LogP) is 0.680. The van der Waals surface area contributed by atoms with Crippen LogP contribution in [-0.4, -0.2) is 18.3 Å². The monoisotopic (exact) mass is 145 g/mol. The lowest BCUT2D eigenvalue weighted by molar-refractivity contribution is -0.368. The van der Waals surface area contributed by atoms with Crippen molar-refractivity contribution in [3.63, 3.8) is 0 Å². The molecule has 0 fully saturated rings. The van der Waals surface area contributed by atoms with Crippen molar-refractivity contribution in [1.29, 1.82) is 0 Å². The summed E-state index contributed by atoms with van der Waals surface area (Å²) >= 11 is 0. The number of rotatable bonds is 7. The highest BCUT2D eigenvalue weighted by Crippen LogP contribution is 2.03. The molecule has 0 aliphatic carbocycles. The Hall–Kier alpha value is -0.0800. The van der Waals surface area contributed by atoms with Gasteiger partial charge >= 0.3 is 0 Å². The maximum absolute atomic E-state index is 9.98. The molecule has 0 heterocycles. The molecule has 1 N–H and O–H groups in total. The van der Waals surface area contributed by atoms with Crippen molar-refractivity contribution in [3.05, 3.63) is 0 Å². The van der Waals surface area contributed by atoms with E-state index in [1.165, 1.54) is 6.42 Å². The summed E-state index contributed by atoms with van der Waals surface area (Å²) in [6.45, 7) is 0.377. The van der Waals surface area contributed by atoms with Gasteiger partial charge in [0.25, 0.3) is 0 Å². The second-order valence-corrected chi connectivity index (χ2v) is 2.55. The van der Waals surface area contributed by atoms with Crippen LogP contribution in [0, 0.1) is 0 Å². The van der Waals surface area contributed by atoms with Crippen LogP contribution in [0.1, 0.15) is 38.5 Å². The summed E-state index contributed by atoms with van der Waals surface area (Å²) in [6, 6.07) is 0. The second-order valence-electron chi connectivity index (χ2n) is 2.55. The first-order valence-corrected chi connectivity index (χ1v) is 4.10. The molecule has 0 saturated heterocycles. The van der Waals surface area contributed by atoms with Crippen LogP contribution in [-0.2, 0) is 0 Å². The molecule has 0 rings (SSSR count). The molecule has 10 heavy (non-hydrogen) atoms. The fraction of sp³-hybridized carbons (Fsp3) is 1.00. The number of hydrogen-bond acceptors (Lipinski definition) is 2. The van der Waals surface area contributed by atoms with Crippen molar-refractivity contribution in [1.82, 2.24) is 0 Å². The van der Waals surface area contributed by atoms with Crippen molar-refractivity contribution in [2.75, 3.05) is 13.2 Å². The van der Waals surface area contributed by atoms with Gasteiger partial charge in [-0.15, -0.1) is 6.61 Å². The first-order valence-electron chi connectivity index (χ1n) is 4.10. The molecule has 0 aliphatic heterocycles. The molecule has 2 heteroatoms. The van der Waals surface area contributed by atoms with Crippen LogP contribution < -0.4 is 5.11 Å². The van der Waals surface area contributed by atoms with Gasteiger partial charge in [0, 0.05) is 6.61 Å². The number of unbranched alkanes of at least 4 members (excludes halogenated alkanes) is 5. The van der Waals surface area contributed by atoms with Gasteiger partial charge < -0.3 is 10.2 Å². The van der Waals surface area contributed by atoms with Crippen LogP contribution >= 0.6 is 0 Å². The van der Waals surface area contributed by atoms with E-state index in [9.17, 15) is 5.11 Å². The Balaban J connectivity index is 2.65. The van der Waals surface area contributed by atoms with E-state index in [0.29, 0.717) is 6.61 Å². The molecule has 0 atom stereocenters. The van der Waals surface area contributed by atoms with E-state index < -0.39 is 0 Å². The van der Waals surface area contributed by atoms with Gasteiger partial charge in [-0.25, -0.2) is 0 Å². The summed E-state index contributed by atoms with van der Waals surface area (Å²) in [5.41, 5.74) is 0. The Kier molecular flexibility index (Phi) is 8.85. The molecule has 62 valence electrons. The SMILES string of the molecule is [O-]CCCCCCCCO. The third-order valence-corrected chi connectivity index (χ3v) is 1.55. The highest BCUT2D eigenvalue weighted by molar-refractivity contribution is 4.43. The first-order chi connectivity index (χ1) is 4.91. The maximum atomic E-state index is 9.98. The Morgan fingerprint density at radius 3 is 1.80 bits per heavy atom. The third-order valence-electron chi connectivity index (χ3n) is 1.55. The zero-order chi connectivity index (χ0) is 7.66. The van der Waals surface area contributed by atoms with Crippen LogP contribution in [0.15, 0.2) is 0 Å². The Morgan fingerprint density at radius 1 is 0.800 bits per heavy atom. The predicted molar refractivity (Wildman–Crippen MR) is 39.7 cm³/mol. The van der Waals surface area contributed by atoms with Crippen LogP contribution in [0.2, 0.25) is 0 Å². The standard InChI is InChI=1S/C8H17O2/c9-7-5-3-1-2-4-6-8-10/h9H,1-8H2/q-1. The van der Waals surface area contributed by atoms with Crippen LogP contribution in [0.5, 0.6) is 0 Å². The summed E-state index contributed by atoms with van der Waals surface area (Å²) < 4.78 is 0. The number of hydrogen-bond donors (Lipinski definition) is 1. The van der Waals surface area contributed by atoms with Crippen molar-refractivity contribution in [2.24, 2.45) is 0 Å². The molecule has 0 amide bonds. The lowest BCUT2D eigenvalue weighted by Gasteiger charge is -2.02. The fourth-order valence-corrected chi connectivity index (χ4v) is 0.921. The minimum Gasteiger partial charge on any atom is -0.854 e. The van der Waals surface area contributed by atoms with Crippen LogP contribution in [0.4, 0.5) is 0 Å². The zero-order valence-corrected chi connectivity index (χ0v) is 6.51. The average molecular weight is 145 g/mol. The van der Waals surface area contributed by atoms with Gasteiger partial charge in [0.2, 0.25) is 0 Å². The van der Waals surface area contributed by atoms with Crippen molar-refractivity contribution >= 4 is 0 Å². The van der Waals surface area contributed by atoms with E-state index in [0.717, 1.165) is 32.1 Å². The normalized spacial score (nSPS) is 10.2. The highest BCUT2D eigenvalue weighted by atomic mass is 16.3. The smallest absolute Gasteiger partial charge is 0.0431 e. The quantitative estimate of drug-likeness (QED) is 0.535. The van der Waals surface area contributed by atoms with Gasteiger partial charge in [0.05, 0.1) is 0 Å². The van der Waals surface area contributed by atoms with Gasteiger partial charge in [-0.1, -0.05) is 32.1 Å². The molecule has 0 aliphatic rings. The fourth-order valence-electron chi connectivity index (χ4n) is 0.921. The zero-order valence-electron chi connectivity index (χ0n) is 6.51. The van der Waals surface area contributed by atoms with Gasteiger partial charge in [-0.2, -0.15) is 0 Å². The number of aliphatic hydroxyl groups excluding tert-OH is 1. The van der Waals surface area contributed by atoms with Crippen LogP contribution in [0.3, 0.4) is 0 Å². The minimum atomic E-state index is 0.0694. The molecule has 0 unspecified atom stereocenters. The second kappa shape index (κ2) is 8.92. The molecular weight excluding hydrogens is 128 g/mol. The summed E-state index contributed by atoms with van der Waals surface area (Å²) in [6.07, 6.45) is 6.23. The molecule has 0 aromatic rings. The largest absolute Gasteiger partial charge is 0.854 e. The molecule has 0 saturated carbocycles. The molecule has 0 aromatic heterocycles. The topological polar surface area (TPSA) is 43.3 Å². The third kappa shape index (κ3) is 7.92. The molecule has 0 spiro atoms. The van der Waals surface area contributed by atoms with Gasteiger partial charge in [-0.05, 0) is 6.42 Å². The van der Waals surface area contributed by atoms with Crippen LogP contribution in [0.25, 0.3) is 0 Å². The summed E-state index contributed by atoms with van der Waals surface area (Å²) in [5, 5.41) is 18.4. The Morgan fingerprint density at radius 2 is 1.30 bits per heavy atom. The lowest BCUT2D eigenvalue weighted by Crippen LogP contribution is -2.04. The Bertz CT molecular complexity index is 47.2. The van der Waals surface area contributed by atoms with Gasteiger partial charge in [0.1, 0.15) is 0 Å². The van der Waals surface area contributed by atoms with E-state index >= 15 is 0 Å². The van der Waals surface area contributed by atoms with E-state index in [4.69, 9.17) is 5.11 Å². The maximum Gasteiger partial charge on any atom is 0.0431 e. The van der Waals surface area contributed by atoms with E-state index in [2.05, 4.69) is 0 Å². The summed E-state index contributed by atoms with van der Waals surface area (Å²) in [7, 11) is 0. The molecule has 0 radical (unpaired) electrons. The summed E-state index contributed by atoms with van der Waals surface area (Å²) in [4.78, 5) is 0. The first kappa shape index (κ1) is 9.92. The minimum absolute atomic E-state index is 0.0694. The Labute approximate surface area is 62.9 Å². The molecular formula is C8H17O2-. The van der Waals surface area contributed by atoms with Gasteiger partial charge in [-0.3, -0.25) is 0 Å². The van der Waals surface area contributed by atoms with E-state index in [1.54, 1.807) is 0 Å². The molecule has 0 bridgehead atoms. The van der Waals surface area contributed by atoms with E-state index in [1.807, 2.05) is 0 Å². The molecule has 0 aromatic carbocycles. The van der Waals surface area contributed by atoms with Crippen molar-refractivity contribution in [2.45, 2.75) is 38.5 Å². The highest BCUT2D eigenvalue weighted by Gasteiger charge is 1.86. The summed E-state index contributed by atoms with van der Waals surface area (Å²) in [5.74, 6) is 0.